The number of rotatable bonds is 5. The predicted octanol–water partition coefficient (Wildman–Crippen LogP) is 5.10. The summed E-state index contributed by atoms with van der Waals surface area (Å²) in [6.07, 6.45) is 5.54. The van der Waals surface area contributed by atoms with Gasteiger partial charge >= 0.3 is 0 Å². The molecular weight excluding hydrogens is 319 g/mol. The Bertz CT molecular complexity index is 452. The van der Waals surface area contributed by atoms with E-state index in [0.29, 0.717) is 17.9 Å². The fraction of sp³-hybridized carbons (Fsp3) is 0.647. The van der Waals surface area contributed by atoms with Gasteiger partial charge in [-0.05, 0) is 48.3 Å². The molecule has 1 aromatic carbocycles. The van der Waals surface area contributed by atoms with Crippen molar-refractivity contribution < 1.29 is 9.50 Å². The van der Waals surface area contributed by atoms with E-state index in [0.717, 1.165) is 23.7 Å². The maximum absolute atomic E-state index is 13.9. The first-order chi connectivity index (χ1) is 9.43. The third-order valence-electron chi connectivity index (χ3n) is 4.55. The number of aliphatic hydroxyl groups excluding tert-OH is 1. The van der Waals surface area contributed by atoms with Crippen LogP contribution in [0.2, 0.25) is 0 Å². The molecule has 0 spiro atoms. The second-order valence-corrected chi connectivity index (χ2v) is 7.54. The quantitative estimate of drug-likeness (QED) is 0.789. The summed E-state index contributed by atoms with van der Waals surface area (Å²) in [5.74, 6) is 0.341. The van der Waals surface area contributed by atoms with E-state index in [1.165, 1.54) is 18.9 Å². The number of benzene rings is 1. The topological polar surface area (TPSA) is 20.2 Å². The molecule has 0 amide bonds. The fourth-order valence-electron chi connectivity index (χ4n) is 3.68. The van der Waals surface area contributed by atoms with E-state index in [2.05, 4.69) is 29.8 Å². The first kappa shape index (κ1) is 16.0. The Balaban J connectivity index is 2.14. The summed E-state index contributed by atoms with van der Waals surface area (Å²) in [6.45, 7) is 4.40. The Hall–Kier alpha value is -0.410. The molecule has 1 nitrogen and oxygen atoms in total. The zero-order valence-corrected chi connectivity index (χ0v) is 13.9. The smallest absolute Gasteiger partial charge is 0.127 e. The third kappa shape index (κ3) is 3.62. The van der Waals surface area contributed by atoms with Gasteiger partial charge in [-0.1, -0.05) is 48.7 Å². The van der Waals surface area contributed by atoms with E-state index in [1.54, 1.807) is 6.07 Å². The van der Waals surface area contributed by atoms with Crippen molar-refractivity contribution in [2.45, 2.75) is 58.5 Å². The highest BCUT2D eigenvalue weighted by Gasteiger charge is 2.40. The van der Waals surface area contributed by atoms with Crippen LogP contribution < -0.4 is 0 Å². The van der Waals surface area contributed by atoms with Gasteiger partial charge in [-0.25, -0.2) is 4.39 Å². The van der Waals surface area contributed by atoms with Crippen LogP contribution in [0, 0.1) is 17.2 Å². The second kappa shape index (κ2) is 6.57. The van der Waals surface area contributed by atoms with Crippen LogP contribution in [-0.4, -0.2) is 11.2 Å². The maximum Gasteiger partial charge on any atom is 0.127 e. The summed E-state index contributed by atoms with van der Waals surface area (Å²) in [7, 11) is 0. The van der Waals surface area contributed by atoms with Crippen molar-refractivity contribution >= 4 is 15.9 Å². The van der Waals surface area contributed by atoms with Crippen molar-refractivity contribution in [3.63, 3.8) is 0 Å². The standard InChI is InChI=1S/C17H24BrFO/c1-12(2)11-17(7-3-4-8-17)16(20)9-13-5-6-14(18)10-15(13)19/h5-6,10,12,16,20H,3-4,7-9,11H2,1-2H3. The zero-order chi connectivity index (χ0) is 14.8. The van der Waals surface area contributed by atoms with Gasteiger partial charge < -0.3 is 5.11 Å². The van der Waals surface area contributed by atoms with Crippen LogP contribution in [0.1, 0.15) is 51.5 Å². The molecule has 1 atom stereocenters. The summed E-state index contributed by atoms with van der Waals surface area (Å²) >= 11 is 3.27. The van der Waals surface area contributed by atoms with Crippen LogP contribution in [0.25, 0.3) is 0 Å². The minimum atomic E-state index is -0.442. The predicted molar refractivity (Wildman–Crippen MR) is 84.2 cm³/mol. The van der Waals surface area contributed by atoms with Crippen molar-refractivity contribution in [1.29, 1.82) is 0 Å². The molecule has 1 unspecified atom stereocenters. The molecule has 0 aliphatic heterocycles. The summed E-state index contributed by atoms with van der Waals surface area (Å²) in [6, 6.07) is 5.10. The fourth-order valence-corrected chi connectivity index (χ4v) is 4.01. The van der Waals surface area contributed by atoms with Crippen LogP contribution in [-0.2, 0) is 6.42 Å². The Morgan fingerprint density at radius 3 is 2.50 bits per heavy atom. The minimum absolute atomic E-state index is 0.00627. The van der Waals surface area contributed by atoms with Crippen LogP contribution in [0.5, 0.6) is 0 Å². The monoisotopic (exact) mass is 342 g/mol. The van der Waals surface area contributed by atoms with E-state index in [4.69, 9.17) is 0 Å². The first-order valence-corrected chi connectivity index (χ1v) is 8.34. The molecule has 2 rings (SSSR count). The lowest BCUT2D eigenvalue weighted by atomic mass is 9.72. The molecule has 0 radical (unpaired) electrons. The van der Waals surface area contributed by atoms with Crippen molar-refractivity contribution in [3.05, 3.63) is 34.1 Å². The molecule has 1 saturated carbocycles. The van der Waals surface area contributed by atoms with Crippen LogP contribution in [0.4, 0.5) is 4.39 Å². The number of hydrogen-bond donors (Lipinski definition) is 1. The molecule has 1 aromatic rings. The number of aliphatic hydroxyl groups is 1. The van der Waals surface area contributed by atoms with Gasteiger partial charge in [-0.15, -0.1) is 0 Å². The highest BCUT2D eigenvalue weighted by atomic mass is 79.9. The molecule has 112 valence electrons. The molecule has 0 saturated heterocycles. The Morgan fingerprint density at radius 1 is 1.30 bits per heavy atom. The Kier molecular flexibility index (Phi) is 5.25. The molecule has 1 fully saturated rings. The summed E-state index contributed by atoms with van der Waals surface area (Å²) < 4.78 is 14.7. The van der Waals surface area contributed by atoms with Crippen LogP contribution in [0.15, 0.2) is 22.7 Å². The average Bonchev–Trinajstić information content (AvgIpc) is 2.81. The molecule has 1 N–H and O–H groups in total. The zero-order valence-electron chi connectivity index (χ0n) is 12.3. The van der Waals surface area contributed by atoms with E-state index >= 15 is 0 Å². The van der Waals surface area contributed by atoms with Gasteiger partial charge in [0.05, 0.1) is 6.10 Å². The Morgan fingerprint density at radius 2 is 1.95 bits per heavy atom. The SMILES string of the molecule is CC(C)CC1(C(O)Cc2ccc(Br)cc2F)CCCC1. The van der Waals surface area contributed by atoms with E-state index in [9.17, 15) is 9.50 Å². The largest absolute Gasteiger partial charge is 0.392 e. The lowest BCUT2D eigenvalue weighted by molar-refractivity contribution is 0.0128. The second-order valence-electron chi connectivity index (χ2n) is 6.62. The van der Waals surface area contributed by atoms with Gasteiger partial charge in [0.25, 0.3) is 0 Å². The van der Waals surface area contributed by atoms with Crippen molar-refractivity contribution in [2.75, 3.05) is 0 Å². The van der Waals surface area contributed by atoms with Gasteiger partial charge in [0.2, 0.25) is 0 Å². The van der Waals surface area contributed by atoms with E-state index in [-0.39, 0.29) is 11.2 Å². The lowest BCUT2D eigenvalue weighted by Gasteiger charge is -2.36. The third-order valence-corrected chi connectivity index (χ3v) is 5.04. The van der Waals surface area contributed by atoms with Gasteiger partial charge in [-0.3, -0.25) is 0 Å². The summed E-state index contributed by atoms with van der Waals surface area (Å²) in [5, 5.41) is 10.7. The minimum Gasteiger partial charge on any atom is -0.392 e. The van der Waals surface area contributed by atoms with Gasteiger partial charge in [0.15, 0.2) is 0 Å². The van der Waals surface area contributed by atoms with Gasteiger partial charge in [0, 0.05) is 10.9 Å². The summed E-state index contributed by atoms with van der Waals surface area (Å²) in [5.41, 5.74) is 0.615. The molecule has 1 aliphatic carbocycles. The maximum atomic E-state index is 13.9. The number of halogens is 2. The van der Waals surface area contributed by atoms with E-state index in [1.807, 2.05) is 6.07 Å². The highest BCUT2D eigenvalue weighted by molar-refractivity contribution is 9.10. The highest BCUT2D eigenvalue weighted by Crippen LogP contribution is 2.46. The Labute approximate surface area is 129 Å². The molecule has 0 aromatic heterocycles. The van der Waals surface area contributed by atoms with Gasteiger partial charge in [0.1, 0.15) is 5.82 Å². The first-order valence-electron chi connectivity index (χ1n) is 7.55. The molecule has 0 heterocycles. The number of hydrogen-bond acceptors (Lipinski definition) is 1. The van der Waals surface area contributed by atoms with Crippen molar-refractivity contribution in [2.24, 2.45) is 11.3 Å². The van der Waals surface area contributed by atoms with Crippen LogP contribution >= 0.6 is 15.9 Å². The van der Waals surface area contributed by atoms with Gasteiger partial charge in [-0.2, -0.15) is 0 Å². The molecule has 20 heavy (non-hydrogen) atoms. The van der Waals surface area contributed by atoms with Crippen LogP contribution in [0.3, 0.4) is 0 Å². The molecule has 1 aliphatic rings. The normalized spacial score (nSPS) is 19.5. The van der Waals surface area contributed by atoms with Crippen molar-refractivity contribution in [3.8, 4) is 0 Å². The molecular formula is C17H24BrFO. The summed E-state index contributed by atoms with van der Waals surface area (Å²) in [4.78, 5) is 0. The van der Waals surface area contributed by atoms with E-state index < -0.39 is 6.10 Å². The van der Waals surface area contributed by atoms with Crippen molar-refractivity contribution in [1.82, 2.24) is 0 Å². The molecule has 3 heteroatoms. The lowest BCUT2D eigenvalue weighted by Crippen LogP contribution is -2.35. The average molecular weight is 343 g/mol. The molecule has 0 bridgehead atoms.